The lowest BCUT2D eigenvalue weighted by Crippen LogP contribution is -2.34. The Morgan fingerprint density at radius 1 is 1.26 bits per heavy atom. The zero-order valence-corrected chi connectivity index (χ0v) is 12.8. The fourth-order valence-electron chi connectivity index (χ4n) is 2.46. The lowest BCUT2D eigenvalue weighted by Gasteiger charge is -2.11. The second-order valence-electron chi connectivity index (χ2n) is 5.26. The molecule has 1 aromatic carbocycles. The van der Waals surface area contributed by atoms with E-state index in [1.165, 1.54) is 4.57 Å². The largest absolute Gasteiger partial charge is 0.469 e. The number of hydrogen-bond acceptors (Lipinski definition) is 4. The van der Waals surface area contributed by atoms with Gasteiger partial charge >= 0.3 is 0 Å². The predicted octanol–water partition coefficient (Wildman–Crippen LogP) is 1.66. The summed E-state index contributed by atoms with van der Waals surface area (Å²) in [5, 5.41) is 2.80. The highest BCUT2D eigenvalue weighted by molar-refractivity contribution is 5.80. The van der Waals surface area contributed by atoms with E-state index in [0.717, 1.165) is 5.76 Å². The Bertz CT molecular complexity index is 882. The molecule has 0 spiro atoms. The maximum absolute atomic E-state index is 12.3. The first-order chi connectivity index (χ1) is 11.1. The van der Waals surface area contributed by atoms with Gasteiger partial charge in [-0.25, -0.2) is 4.98 Å². The van der Waals surface area contributed by atoms with E-state index in [1.54, 1.807) is 19.3 Å². The van der Waals surface area contributed by atoms with Gasteiger partial charge in [0.25, 0.3) is 5.56 Å². The Morgan fingerprint density at radius 2 is 2.09 bits per heavy atom. The molecule has 6 heteroatoms. The first-order valence-electron chi connectivity index (χ1n) is 7.40. The summed E-state index contributed by atoms with van der Waals surface area (Å²) in [6, 6.07) is 11.0. The second kappa shape index (κ2) is 6.48. The Morgan fingerprint density at radius 3 is 2.87 bits per heavy atom. The Balaban J connectivity index is 1.74. The van der Waals surface area contributed by atoms with Crippen LogP contribution >= 0.6 is 0 Å². The van der Waals surface area contributed by atoms with Gasteiger partial charge in [0.05, 0.1) is 17.3 Å². The maximum Gasteiger partial charge on any atom is 0.272 e. The van der Waals surface area contributed by atoms with Crippen LogP contribution in [0.2, 0.25) is 0 Å². The Kier molecular flexibility index (Phi) is 4.23. The molecule has 0 bridgehead atoms. The molecular weight excluding hydrogens is 294 g/mol. The van der Waals surface area contributed by atoms with Gasteiger partial charge in [0.15, 0.2) is 0 Å². The highest BCUT2D eigenvalue weighted by Crippen LogP contribution is 2.09. The molecule has 1 amide bonds. The van der Waals surface area contributed by atoms with Gasteiger partial charge in [-0.15, -0.1) is 0 Å². The summed E-state index contributed by atoms with van der Waals surface area (Å²) in [4.78, 5) is 28.7. The van der Waals surface area contributed by atoms with Crippen molar-refractivity contribution in [2.75, 3.05) is 6.54 Å². The monoisotopic (exact) mass is 311 g/mol. The van der Waals surface area contributed by atoms with Crippen LogP contribution in [0.15, 0.2) is 51.9 Å². The molecule has 23 heavy (non-hydrogen) atoms. The fourth-order valence-corrected chi connectivity index (χ4v) is 2.46. The minimum absolute atomic E-state index is 0.0269. The Labute approximate surface area is 132 Å². The summed E-state index contributed by atoms with van der Waals surface area (Å²) >= 11 is 0. The molecule has 0 fully saturated rings. The molecule has 0 aliphatic rings. The molecule has 3 aromatic rings. The first-order valence-corrected chi connectivity index (χ1v) is 7.40. The molecule has 0 atom stereocenters. The minimum Gasteiger partial charge on any atom is -0.469 e. The Hall–Kier alpha value is -2.89. The van der Waals surface area contributed by atoms with Crippen LogP contribution in [0.5, 0.6) is 0 Å². The van der Waals surface area contributed by atoms with E-state index in [1.807, 2.05) is 30.3 Å². The van der Waals surface area contributed by atoms with Crippen LogP contribution in [-0.4, -0.2) is 22.0 Å². The molecular formula is C17H17N3O3. The van der Waals surface area contributed by atoms with E-state index in [-0.39, 0.29) is 18.0 Å². The number of aryl methyl sites for hydroxylation is 1. The molecule has 1 N–H and O–H groups in total. The number of benzene rings is 1. The molecule has 0 aliphatic carbocycles. The van der Waals surface area contributed by atoms with Crippen molar-refractivity contribution in [3.63, 3.8) is 0 Å². The van der Waals surface area contributed by atoms with Crippen LogP contribution in [0.4, 0.5) is 0 Å². The molecule has 0 aliphatic heterocycles. The maximum atomic E-state index is 12.3. The number of nitrogens with zero attached hydrogens (tertiary/aromatic N) is 2. The number of carbonyl (C=O) groups excluding carboxylic acids is 1. The second-order valence-corrected chi connectivity index (χ2v) is 5.26. The third-order valence-electron chi connectivity index (χ3n) is 3.59. The fraction of sp³-hybridized carbons (Fsp3) is 0.235. The standard InChI is InChI=1S/C17H17N3O3/c1-12-17(22)20(15-7-3-2-6-14(15)19-12)11-16(21)18-9-8-13-5-4-10-23-13/h2-7,10H,8-9,11H2,1H3,(H,18,21). The van der Waals surface area contributed by atoms with Gasteiger partial charge in [-0.1, -0.05) is 12.1 Å². The van der Waals surface area contributed by atoms with Crippen molar-refractivity contribution in [2.24, 2.45) is 0 Å². The number of hydrogen-bond donors (Lipinski definition) is 1. The molecule has 118 valence electrons. The van der Waals surface area contributed by atoms with Crippen LogP contribution in [0, 0.1) is 6.92 Å². The van der Waals surface area contributed by atoms with Gasteiger partial charge in [0.2, 0.25) is 5.91 Å². The van der Waals surface area contributed by atoms with Crippen molar-refractivity contribution < 1.29 is 9.21 Å². The van der Waals surface area contributed by atoms with E-state index in [0.29, 0.717) is 29.7 Å². The zero-order chi connectivity index (χ0) is 16.2. The quantitative estimate of drug-likeness (QED) is 0.777. The van der Waals surface area contributed by atoms with Crippen molar-refractivity contribution in [1.82, 2.24) is 14.9 Å². The number of para-hydroxylation sites is 2. The van der Waals surface area contributed by atoms with E-state index >= 15 is 0 Å². The zero-order valence-electron chi connectivity index (χ0n) is 12.8. The molecule has 6 nitrogen and oxygen atoms in total. The lowest BCUT2D eigenvalue weighted by atomic mass is 10.2. The number of amides is 1. The lowest BCUT2D eigenvalue weighted by molar-refractivity contribution is -0.121. The minimum atomic E-state index is -0.245. The van der Waals surface area contributed by atoms with E-state index in [2.05, 4.69) is 10.3 Å². The molecule has 0 radical (unpaired) electrons. The number of nitrogens with one attached hydrogen (secondary N) is 1. The number of carbonyl (C=O) groups is 1. The van der Waals surface area contributed by atoms with Gasteiger partial charge in [0, 0.05) is 13.0 Å². The van der Waals surface area contributed by atoms with Gasteiger partial charge in [0.1, 0.15) is 18.0 Å². The molecule has 2 aromatic heterocycles. The summed E-state index contributed by atoms with van der Waals surface area (Å²) in [7, 11) is 0. The summed E-state index contributed by atoms with van der Waals surface area (Å²) < 4.78 is 6.67. The van der Waals surface area contributed by atoms with Crippen molar-refractivity contribution in [3.05, 3.63) is 64.5 Å². The van der Waals surface area contributed by atoms with Crippen molar-refractivity contribution in [1.29, 1.82) is 0 Å². The molecule has 2 heterocycles. The van der Waals surface area contributed by atoms with Crippen molar-refractivity contribution in [3.8, 4) is 0 Å². The van der Waals surface area contributed by atoms with Crippen LogP contribution in [0.3, 0.4) is 0 Å². The topological polar surface area (TPSA) is 77.1 Å². The molecule has 3 rings (SSSR count). The van der Waals surface area contributed by atoms with Crippen molar-refractivity contribution in [2.45, 2.75) is 19.9 Å². The summed E-state index contributed by atoms with van der Waals surface area (Å²) in [5.41, 5.74) is 1.49. The van der Waals surface area contributed by atoms with Gasteiger partial charge in [-0.3, -0.25) is 14.2 Å². The van der Waals surface area contributed by atoms with Gasteiger partial charge in [-0.05, 0) is 31.2 Å². The van der Waals surface area contributed by atoms with Crippen LogP contribution < -0.4 is 10.9 Å². The highest BCUT2D eigenvalue weighted by Gasteiger charge is 2.11. The number of furan rings is 1. The SMILES string of the molecule is Cc1nc2ccccc2n(CC(=O)NCCc2ccco2)c1=O. The average Bonchev–Trinajstić information content (AvgIpc) is 3.05. The number of fused-ring (bicyclic) bond motifs is 1. The highest BCUT2D eigenvalue weighted by atomic mass is 16.3. The van der Waals surface area contributed by atoms with Crippen molar-refractivity contribution >= 4 is 16.9 Å². The summed E-state index contributed by atoms with van der Waals surface area (Å²) in [6.45, 7) is 2.09. The first kappa shape index (κ1) is 15.0. The molecule has 0 unspecified atom stereocenters. The smallest absolute Gasteiger partial charge is 0.272 e. The predicted molar refractivity (Wildman–Crippen MR) is 86.2 cm³/mol. The van der Waals surface area contributed by atoms with E-state index < -0.39 is 0 Å². The van der Waals surface area contributed by atoms with Gasteiger partial charge < -0.3 is 9.73 Å². The third kappa shape index (κ3) is 3.31. The third-order valence-corrected chi connectivity index (χ3v) is 3.59. The number of aromatic nitrogens is 2. The average molecular weight is 311 g/mol. The normalized spacial score (nSPS) is 10.8. The number of rotatable bonds is 5. The summed E-state index contributed by atoms with van der Waals surface area (Å²) in [6.07, 6.45) is 2.21. The molecule has 0 saturated carbocycles. The van der Waals surface area contributed by atoms with Gasteiger partial charge in [-0.2, -0.15) is 0 Å². The van der Waals surface area contributed by atoms with E-state index in [9.17, 15) is 9.59 Å². The van der Waals surface area contributed by atoms with E-state index in [4.69, 9.17) is 4.42 Å². The molecule has 0 saturated heterocycles. The van der Waals surface area contributed by atoms with Crippen LogP contribution in [0.1, 0.15) is 11.5 Å². The van der Waals surface area contributed by atoms with Crippen LogP contribution in [0.25, 0.3) is 11.0 Å². The van der Waals surface area contributed by atoms with Crippen LogP contribution in [-0.2, 0) is 17.8 Å². The summed E-state index contributed by atoms with van der Waals surface area (Å²) in [5.74, 6) is 0.599.